The number of hydrogen-bond acceptors (Lipinski definition) is 3. The third-order valence-electron chi connectivity index (χ3n) is 3.83. The molecule has 1 aromatic rings. The molecule has 0 amide bonds. The molecule has 2 rings (SSSR count). The summed E-state index contributed by atoms with van der Waals surface area (Å²) in [5, 5.41) is 0. The van der Waals surface area contributed by atoms with Gasteiger partial charge in [-0.25, -0.2) is 4.39 Å². The number of hydrazine groups is 1. The first-order valence-electron chi connectivity index (χ1n) is 6.07. The fourth-order valence-electron chi connectivity index (χ4n) is 2.48. The molecule has 1 unspecified atom stereocenters. The zero-order chi connectivity index (χ0) is 13.2. The Morgan fingerprint density at radius 2 is 2.28 bits per heavy atom. The Balaban J connectivity index is 2.20. The lowest BCUT2D eigenvalue weighted by Crippen LogP contribution is -2.44. The number of benzene rings is 1. The van der Waals surface area contributed by atoms with Crippen LogP contribution in [0.2, 0.25) is 0 Å². The molecule has 100 valence electrons. The van der Waals surface area contributed by atoms with Crippen LogP contribution in [0.1, 0.15) is 37.3 Å². The van der Waals surface area contributed by atoms with E-state index in [-0.39, 0.29) is 17.5 Å². The van der Waals surface area contributed by atoms with E-state index in [1.807, 2.05) is 6.07 Å². The predicted molar refractivity (Wildman–Crippen MR) is 72.4 cm³/mol. The molecule has 1 aliphatic carbocycles. The second-order valence-electron chi connectivity index (χ2n) is 4.81. The molecule has 1 saturated carbocycles. The molecule has 1 atom stereocenters. The number of nitrogens with two attached hydrogens (primary N) is 1. The van der Waals surface area contributed by atoms with Crippen molar-refractivity contribution >= 4 is 15.9 Å². The van der Waals surface area contributed by atoms with Gasteiger partial charge in [0.15, 0.2) is 0 Å². The molecule has 0 spiro atoms. The number of ether oxygens (including phenoxy) is 1. The van der Waals surface area contributed by atoms with E-state index in [2.05, 4.69) is 21.4 Å². The van der Waals surface area contributed by atoms with Gasteiger partial charge in [-0.1, -0.05) is 12.1 Å². The average molecular weight is 317 g/mol. The fourth-order valence-corrected chi connectivity index (χ4v) is 2.86. The summed E-state index contributed by atoms with van der Waals surface area (Å²) in [5.74, 6) is 5.32. The van der Waals surface area contributed by atoms with Crippen LogP contribution in [-0.4, -0.2) is 12.7 Å². The summed E-state index contributed by atoms with van der Waals surface area (Å²) in [6.45, 7) is 0. The molecule has 5 heteroatoms. The molecular weight excluding hydrogens is 299 g/mol. The van der Waals surface area contributed by atoms with Crippen LogP contribution in [-0.2, 0) is 4.74 Å². The number of hydrogen-bond donors (Lipinski definition) is 2. The van der Waals surface area contributed by atoms with Gasteiger partial charge in [0.1, 0.15) is 5.82 Å². The normalized spacial score (nSPS) is 19.3. The highest BCUT2D eigenvalue weighted by Crippen LogP contribution is 2.42. The van der Waals surface area contributed by atoms with E-state index in [1.165, 1.54) is 0 Å². The number of methoxy groups -OCH3 is 1. The Kier molecular flexibility index (Phi) is 4.37. The number of nitrogens with one attached hydrogen (secondary N) is 1. The molecule has 0 heterocycles. The number of rotatable bonds is 5. The maximum Gasteiger partial charge on any atom is 0.142 e. The third kappa shape index (κ3) is 2.59. The lowest BCUT2D eigenvalue weighted by Gasteiger charge is -2.42. The second-order valence-corrected chi connectivity index (χ2v) is 5.66. The Morgan fingerprint density at radius 3 is 2.78 bits per heavy atom. The van der Waals surface area contributed by atoms with Crippen molar-refractivity contribution in [3.63, 3.8) is 0 Å². The van der Waals surface area contributed by atoms with E-state index in [9.17, 15) is 4.39 Å². The van der Waals surface area contributed by atoms with Crippen molar-refractivity contribution in [2.45, 2.75) is 37.3 Å². The number of halogens is 2. The highest BCUT2D eigenvalue weighted by atomic mass is 79.9. The molecule has 1 fully saturated rings. The highest BCUT2D eigenvalue weighted by Gasteiger charge is 2.39. The summed E-state index contributed by atoms with van der Waals surface area (Å²) in [6.07, 6.45) is 3.87. The van der Waals surface area contributed by atoms with E-state index in [0.717, 1.165) is 19.3 Å². The Labute approximate surface area is 115 Å². The molecule has 0 aromatic heterocycles. The van der Waals surface area contributed by atoms with E-state index in [0.29, 0.717) is 16.5 Å². The largest absolute Gasteiger partial charge is 0.378 e. The minimum atomic E-state index is -0.258. The van der Waals surface area contributed by atoms with Gasteiger partial charge in [0.25, 0.3) is 0 Å². The second kappa shape index (κ2) is 5.65. The zero-order valence-electron chi connectivity index (χ0n) is 10.4. The van der Waals surface area contributed by atoms with Gasteiger partial charge in [-0.2, -0.15) is 0 Å². The lowest BCUT2D eigenvalue weighted by molar-refractivity contribution is -0.0840. The molecule has 0 radical (unpaired) electrons. The predicted octanol–water partition coefficient (Wildman–Crippen LogP) is 3.05. The molecule has 0 saturated heterocycles. The fraction of sp³-hybridized carbons (Fsp3) is 0.538. The van der Waals surface area contributed by atoms with Crippen LogP contribution in [0.3, 0.4) is 0 Å². The van der Waals surface area contributed by atoms with Gasteiger partial charge in [0.2, 0.25) is 0 Å². The molecule has 18 heavy (non-hydrogen) atoms. The topological polar surface area (TPSA) is 47.3 Å². The van der Waals surface area contributed by atoms with Crippen molar-refractivity contribution in [3.8, 4) is 0 Å². The van der Waals surface area contributed by atoms with Crippen molar-refractivity contribution in [1.82, 2.24) is 5.43 Å². The van der Waals surface area contributed by atoms with Gasteiger partial charge in [0, 0.05) is 12.7 Å². The summed E-state index contributed by atoms with van der Waals surface area (Å²) in [4.78, 5) is 0. The van der Waals surface area contributed by atoms with Crippen LogP contribution in [0.5, 0.6) is 0 Å². The standard InChI is InChI=1S/C13H18BrFN2O/c1-18-13(6-3-7-13)8-11(17-16)9-4-2-5-10(14)12(9)15/h2,4-5,11,17H,3,6-8,16H2,1H3. The van der Waals surface area contributed by atoms with E-state index >= 15 is 0 Å². The van der Waals surface area contributed by atoms with Gasteiger partial charge in [-0.3, -0.25) is 11.3 Å². The van der Waals surface area contributed by atoms with Crippen LogP contribution in [0.4, 0.5) is 4.39 Å². The molecule has 1 aromatic carbocycles. The Hall–Kier alpha value is -0.490. The molecule has 0 bridgehead atoms. The van der Waals surface area contributed by atoms with Gasteiger partial charge < -0.3 is 4.74 Å². The quantitative estimate of drug-likeness (QED) is 0.648. The average Bonchev–Trinajstić information content (AvgIpc) is 2.33. The van der Waals surface area contributed by atoms with Crippen LogP contribution in [0, 0.1) is 5.82 Å². The summed E-state index contributed by atoms with van der Waals surface area (Å²) >= 11 is 3.20. The van der Waals surface area contributed by atoms with E-state index in [4.69, 9.17) is 10.6 Å². The first kappa shape index (κ1) is 13.9. The molecular formula is C13H18BrFN2O. The van der Waals surface area contributed by atoms with Gasteiger partial charge >= 0.3 is 0 Å². The van der Waals surface area contributed by atoms with Crippen LogP contribution in [0.25, 0.3) is 0 Å². The Morgan fingerprint density at radius 1 is 1.56 bits per heavy atom. The van der Waals surface area contributed by atoms with Crippen LogP contribution >= 0.6 is 15.9 Å². The minimum absolute atomic E-state index is 0.147. The SMILES string of the molecule is COC1(CC(NN)c2cccc(Br)c2F)CCC1. The van der Waals surface area contributed by atoms with Gasteiger partial charge in [-0.05, 0) is 47.7 Å². The third-order valence-corrected chi connectivity index (χ3v) is 4.44. The monoisotopic (exact) mass is 316 g/mol. The van der Waals surface area contributed by atoms with E-state index < -0.39 is 0 Å². The smallest absolute Gasteiger partial charge is 0.142 e. The lowest BCUT2D eigenvalue weighted by atomic mass is 9.75. The van der Waals surface area contributed by atoms with Gasteiger partial charge in [-0.15, -0.1) is 0 Å². The zero-order valence-corrected chi connectivity index (χ0v) is 12.0. The maximum absolute atomic E-state index is 14.1. The van der Waals surface area contributed by atoms with Crippen molar-refractivity contribution < 1.29 is 9.13 Å². The van der Waals surface area contributed by atoms with E-state index in [1.54, 1.807) is 19.2 Å². The summed E-state index contributed by atoms with van der Waals surface area (Å²) in [7, 11) is 1.71. The van der Waals surface area contributed by atoms with Gasteiger partial charge in [0.05, 0.1) is 16.1 Å². The summed E-state index contributed by atoms with van der Waals surface area (Å²) in [5.41, 5.74) is 3.14. The molecule has 3 nitrogen and oxygen atoms in total. The first-order valence-corrected chi connectivity index (χ1v) is 6.86. The molecule has 0 aliphatic heterocycles. The Bertz CT molecular complexity index is 418. The van der Waals surface area contributed by atoms with Crippen LogP contribution in [0.15, 0.2) is 22.7 Å². The maximum atomic E-state index is 14.1. The van der Waals surface area contributed by atoms with Crippen molar-refractivity contribution in [3.05, 3.63) is 34.1 Å². The van der Waals surface area contributed by atoms with Crippen LogP contribution < -0.4 is 11.3 Å². The van der Waals surface area contributed by atoms with Crippen molar-refractivity contribution in [2.75, 3.05) is 7.11 Å². The summed E-state index contributed by atoms with van der Waals surface area (Å²) in [6, 6.07) is 5.02. The molecule has 3 N–H and O–H groups in total. The minimum Gasteiger partial charge on any atom is -0.378 e. The van der Waals surface area contributed by atoms with Crippen molar-refractivity contribution in [1.29, 1.82) is 0 Å². The highest BCUT2D eigenvalue weighted by molar-refractivity contribution is 9.10. The summed E-state index contributed by atoms with van der Waals surface area (Å²) < 4.78 is 20.1. The first-order chi connectivity index (χ1) is 8.62. The molecule has 1 aliphatic rings. The van der Waals surface area contributed by atoms with Crippen molar-refractivity contribution in [2.24, 2.45) is 5.84 Å².